The molecule has 1 saturated heterocycles. The maximum absolute atomic E-state index is 13.7. The minimum atomic E-state index is -0.279. The van der Waals surface area contributed by atoms with Crippen LogP contribution >= 0.6 is 23.6 Å². The van der Waals surface area contributed by atoms with Crippen LogP contribution in [-0.2, 0) is 15.3 Å². The fraction of sp³-hybridized carbons (Fsp3) is 0.500. The lowest BCUT2D eigenvalue weighted by atomic mass is 9.97. The molecular formula is C28H36N6O3S2. The first-order valence-electron chi connectivity index (χ1n) is 13.6. The van der Waals surface area contributed by atoms with Crippen LogP contribution in [0.4, 0.5) is 11.6 Å². The first-order chi connectivity index (χ1) is 19.1. The van der Waals surface area contributed by atoms with Crippen LogP contribution in [0, 0.1) is 12.8 Å². The number of thiophene rings is 1. The predicted octanol–water partition coefficient (Wildman–Crippen LogP) is 5.10. The summed E-state index contributed by atoms with van der Waals surface area (Å²) < 4.78 is 11.6. The molecule has 9 nitrogen and oxygen atoms in total. The molecule has 2 unspecified atom stereocenters. The molecule has 39 heavy (non-hydrogen) atoms. The second kappa shape index (κ2) is 13.2. The Bertz CT molecular complexity index is 1280. The normalized spacial score (nSPS) is 17.7. The van der Waals surface area contributed by atoms with Gasteiger partial charge in [0.05, 0.1) is 41.6 Å². The molecule has 2 aliphatic rings. The van der Waals surface area contributed by atoms with E-state index in [1.807, 2.05) is 13.0 Å². The van der Waals surface area contributed by atoms with Crippen LogP contribution in [0.15, 0.2) is 30.7 Å². The van der Waals surface area contributed by atoms with Crippen molar-refractivity contribution in [2.75, 3.05) is 43.1 Å². The molecule has 0 spiro atoms. The molecule has 2 aliphatic heterocycles. The Hall–Kier alpha value is -2.57. The molecule has 3 aromatic rings. The first-order valence-corrected chi connectivity index (χ1v) is 15.2. The van der Waals surface area contributed by atoms with Gasteiger partial charge in [0.2, 0.25) is 5.78 Å². The highest BCUT2D eigenvalue weighted by Crippen LogP contribution is 2.38. The van der Waals surface area contributed by atoms with E-state index < -0.39 is 0 Å². The average molecular weight is 569 g/mol. The fourth-order valence-electron chi connectivity index (χ4n) is 5.23. The molecule has 0 aliphatic carbocycles. The molecule has 0 radical (unpaired) electrons. The summed E-state index contributed by atoms with van der Waals surface area (Å²) in [5, 5.41) is 8.72. The van der Waals surface area contributed by atoms with Crippen LogP contribution in [0.2, 0.25) is 0 Å². The monoisotopic (exact) mass is 568 g/mol. The summed E-state index contributed by atoms with van der Waals surface area (Å²) in [7, 11) is 0. The molecule has 5 rings (SSSR count). The van der Waals surface area contributed by atoms with Gasteiger partial charge >= 0.3 is 0 Å². The average Bonchev–Trinajstić information content (AvgIpc) is 3.64. The van der Waals surface area contributed by atoms with Crippen LogP contribution in [-0.4, -0.2) is 53.6 Å². The number of rotatable bonds is 12. The largest absolute Gasteiger partial charge is 0.369 e. The van der Waals surface area contributed by atoms with Gasteiger partial charge in [-0.2, -0.15) is 0 Å². The van der Waals surface area contributed by atoms with Crippen molar-refractivity contribution in [2.45, 2.75) is 52.1 Å². The summed E-state index contributed by atoms with van der Waals surface area (Å²) in [5.74, 6) is 1.83. The van der Waals surface area contributed by atoms with Crippen LogP contribution < -0.4 is 15.4 Å². The highest BCUT2D eigenvalue weighted by atomic mass is 32.2. The first kappa shape index (κ1) is 28.0. The van der Waals surface area contributed by atoms with E-state index in [2.05, 4.69) is 39.2 Å². The molecule has 0 aromatic carbocycles. The summed E-state index contributed by atoms with van der Waals surface area (Å²) in [6.07, 6.45) is 7.89. The second-order valence-corrected chi connectivity index (χ2v) is 11.7. The summed E-state index contributed by atoms with van der Waals surface area (Å²) >= 11 is 2.38. The van der Waals surface area contributed by atoms with Gasteiger partial charge in [-0.25, -0.2) is 15.0 Å². The van der Waals surface area contributed by atoms with Crippen molar-refractivity contribution in [2.24, 2.45) is 11.1 Å². The van der Waals surface area contributed by atoms with E-state index in [1.54, 1.807) is 6.20 Å². The number of fused-ring (bicyclic) bond motifs is 1. The van der Waals surface area contributed by atoms with Gasteiger partial charge in [0.1, 0.15) is 24.1 Å². The number of nitrogens with zero attached hydrogens (tertiary/aromatic N) is 4. The number of carbonyl (C=O) groups excluding carboxylic acids is 1. The van der Waals surface area contributed by atoms with E-state index in [0.29, 0.717) is 41.9 Å². The second-order valence-electron chi connectivity index (χ2n) is 10.0. The topological polar surface area (TPSA) is 115 Å². The van der Waals surface area contributed by atoms with Crippen molar-refractivity contribution in [3.05, 3.63) is 62.9 Å². The zero-order chi connectivity index (χ0) is 27.2. The zero-order valence-electron chi connectivity index (χ0n) is 22.5. The van der Waals surface area contributed by atoms with Crippen LogP contribution in [0.5, 0.6) is 0 Å². The van der Waals surface area contributed by atoms with Gasteiger partial charge in [-0.3, -0.25) is 9.93 Å². The molecule has 208 valence electrons. The number of nitrogens with one attached hydrogen (secondary N) is 1. The lowest BCUT2D eigenvalue weighted by Crippen LogP contribution is -2.23. The van der Waals surface area contributed by atoms with E-state index in [0.717, 1.165) is 66.5 Å². The van der Waals surface area contributed by atoms with Gasteiger partial charge in [-0.05, 0) is 56.2 Å². The van der Waals surface area contributed by atoms with Gasteiger partial charge in [0.25, 0.3) is 0 Å². The van der Waals surface area contributed by atoms with E-state index in [-0.39, 0.29) is 11.9 Å². The molecule has 0 bridgehead atoms. The smallest absolute Gasteiger partial charge is 0.208 e. The van der Waals surface area contributed by atoms with Crippen molar-refractivity contribution >= 4 is 41.0 Å². The van der Waals surface area contributed by atoms with Gasteiger partial charge in [0, 0.05) is 36.3 Å². The molecule has 3 aromatic heterocycles. The Morgan fingerprint density at radius 3 is 3.00 bits per heavy atom. The number of nitrogens with two attached hydrogens (primary N) is 1. The molecule has 1 fully saturated rings. The quantitative estimate of drug-likeness (QED) is 0.174. The number of ether oxygens (including phenoxy) is 1. The summed E-state index contributed by atoms with van der Waals surface area (Å²) in [5.41, 5.74) is 3.66. The number of aryl methyl sites for hydroxylation is 1. The summed E-state index contributed by atoms with van der Waals surface area (Å²) in [4.78, 5) is 31.3. The van der Waals surface area contributed by atoms with Crippen molar-refractivity contribution in [3.8, 4) is 0 Å². The minimum absolute atomic E-state index is 0.0952. The van der Waals surface area contributed by atoms with Crippen molar-refractivity contribution in [3.63, 3.8) is 0 Å². The van der Waals surface area contributed by atoms with Crippen LogP contribution in [0.3, 0.4) is 0 Å². The molecular weight excluding hydrogens is 532 g/mol. The Morgan fingerprint density at radius 1 is 1.36 bits per heavy atom. The molecule has 5 heterocycles. The lowest BCUT2D eigenvalue weighted by molar-refractivity contribution is 0.0664. The minimum Gasteiger partial charge on any atom is -0.369 e. The maximum atomic E-state index is 13.7. The van der Waals surface area contributed by atoms with Gasteiger partial charge in [-0.15, -0.1) is 11.3 Å². The Labute approximate surface area is 238 Å². The Morgan fingerprint density at radius 2 is 2.21 bits per heavy atom. The zero-order valence-corrected chi connectivity index (χ0v) is 24.2. The van der Waals surface area contributed by atoms with E-state index >= 15 is 0 Å². The molecule has 2 atom stereocenters. The highest BCUT2D eigenvalue weighted by molar-refractivity contribution is 7.92. The highest BCUT2D eigenvalue weighted by Gasteiger charge is 2.30. The lowest BCUT2D eigenvalue weighted by Gasteiger charge is -2.27. The van der Waals surface area contributed by atoms with E-state index in [1.165, 1.54) is 36.1 Å². The Kier molecular flexibility index (Phi) is 9.46. The fourth-order valence-corrected chi connectivity index (χ4v) is 6.50. The van der Waals surface area contributed by atoms with Gasteiger partial charge < -0.3 is 19.1 Å². The van der Waals surface area contributed by atoms with Crippen LogP contribution in [0.1, 0.15) is 75.6 Å². The number of anilines is 2. The third-order valence-corrected chi connectivity index (χ3v) is 8.88. The summed E-state index contributed by atoms with van der Waals surface area (Å²) in [6, 6.07) is 6.31. The number of hydrogen-bond acceptors (Lipinski definition) is 11. The van der Waals surface area contributed by atoms with Gasteiger partial charge in [0.15, 0.2) is 0 Å². The third-order valence-electron chi connectivity index (χ3n) is 7.55. The van der Waals surface area contributed by atoms with E-state index in [9.17, 15) is 4.79 Å². The van der Waals surface area contributed by atoms with Crippen LogP contribution in [0.25, 0.3) is 0 Å². The van der Waals surface area contributed by atoms with Crippen molar-refractivity contribution in [1.29, 1.82) is 0 Å². The molecule has 0 saturated carbocycles. The van der Waals surface area contributed by atoms with Gasteiger partial charge in [-0.1, -0.05) is 19.4 Å². The number of aromatic nitrogens is 3. The predicted molar refractivity (Wildman–Crippen MR) is 156 cm³/mol. The summed E-state index contributed by atoms with van der Waals surface area (Å²) in [6.45, 7) is 8.16. The number of ketones is 1. The molecule has 11 heteroatoms. The standard InChI is InChI=1S/C28H36N6O3S2/c1-3-19(16-37-39-29)8-10-31-28-22(15-30-17-32-28)26(35)23-14-21(18(2)38-23)27-25-20(9-13-36-27)6-7-24(33-25)34-11-4-5-12-34/h6-7,14-15,17,19,27H,3-5,8-13,16,29H2,1-2H3,(H,30,31,32). The maximum Gasteiger partial charge on any atom is 0.208 e. The number of hydrogen-bond donors (Lipinski definition) is 2. The molecule has 3 N–H and O–H groups in total. The number of pyridine rings is 1. The third kappa shape index (κ3) is 6.44. The SMILES string of the molecule is CCC(CCNc1ncncc1C(=O)c1cc(C2OCCc3ccc(N4CCCC4)nc32)c(C)s1)COSN. The molecule has 0 amide bonds. The Balaban J connectivity index is 1.34. The van der Waals surface area contributed by atoms with Crippen molar-refractivity contribution in [1.82, 2.24) is 15.0 Å². The van der Waals surface area contributed by atoms with E-state index in [4.69, 9.17) is 19.0 Å². The number of carbonyl (C=O) groups is 1. The van der Waals surface area contributed by atoms with Crippen molar-refractivity contribution < 1.29 is 13.7 Å².